The van der Waals surface area contributed by atoms with E-state index in [0.29, 0.717) is 6.42 Å². The monoisotopic (exact) mass is 258 g/mol. The lowest BCUT2D eigenvalue weighted by molar-refractivity contribution is -0.137. The molecule has 0 rings (SSSR count). The fourth-order valence-corrected chi connectivity index (χ4v) is 1.61. The molecule has 2 amide bonds. The van der Waals surface area contributed by atoms with Gasteiger partial charge in [0.25, 0.3) is 0 Å². The number of hydrogen-bond acceptors (Lipinski definition) is 3. The third kappa shape index (κ3) is 6.00. The summed E-state index contributed by atoms with van der Waals surface area (Å²) in [5, 5.41) is 11.6. The van der Waals surface area contributed by atoms with Crippen LogP contribution in [-0.2, 0) is 9.59 Å². The lowest BCUT2D eigenvalue weighted by atomic mass is 10.0. The van der Waals surface area contributed by atoms with Crippen molar-refractivity contribution in [3.8, 4) is 0 Å². The Morgan fingerprint density at radius 2 is 1.78 bits per heavy atom. The van der Waals surface area contributed by atoms with Gasteiger partial charge in [-0.2, -0.15) is 0 Å². The number of nitrogens with zero attached hydrogens (tertiary/aromatic N) is 1. The van der Waals surface area contributed by atoms with Crippen molar-refractivity contribution in [2.75, 3.05) is 20.2 Å². The van der Waals surface area contributed by atoms with Gasteiger partial charge in [-0.1, -0.05) is 27.7 Å². The number of carbonyl (C=O) groups excluding carboxylic acids is 2. The van der Waals surface area contributed by atoms with E-state index in [-0.39, 0.29) is 36.8 Å². The number of aliphatic hydroxyl groups is 1. The fraction of sp³-hybridized carbons (Fsp3) is 0.846. The van der Waals surface area contributed by atoms with Gasteiger partial charge in [-0.25, -0.2) is 0 Å². The number of amides is 2. The topological polar surface area (TPSA) is 69.6 Å². The molecule has 1 atom stereocenters. The Bertz CT molecular complexity index is 277. The third-order valence-corrected chi connectivity index (χ3v) is 2.65. The summed E-state index contributed by atoms with van der Waals surface area (Å²) in [6, 6.07) is -0.521. The molecule has 0 heterocycles. The minimum Gasteiger partial charge on any atom is -0.395 e. The van der Waals surface area contributed by atoms with Gasteiger partial charge in [-0.3, -0.25) is 9.59 Å². The van der Waals surface area contributed by atoms with Crippen molar-refractivity contribution >= 4 is 11.8 Å². The van der Waals surface area contributed by atoms with E-state index >= 15 is 0 Å². The van der Waals surface area contributed by atoms with Crippen molar-refractivity contribution in [1.82, 2.24) is 10.2 Å². The SMILES string of the molecule is CC(C)CC(=O)NC(C(=O)N(C)CCO)C(C)C. The van der Waals surface area contributed by atoms with Crippen LogP contribution in [0.25, 0.3) is 0 Å². The van der Waals surface area contributed by atoms with E-state index in [0.717, 1.165) is 0 Å². The smallest absolute Gasteiger partial charge is 0.245 e. The molecule has 5 nitrogen and oxygen atoms in total. The van der Waals surface area contributed by atoms with Crippen LogP contribution in [-0.4, -0.2) is 48.1 Å². The van der Waals surface area contributed by atoms with E-state index < -0.39 is 6.04 Å². The predicted octanol–water partition coefficient (Wildman–Crippen LogP) is 0.624. The van der Waals surface area contributed by atoms with Gasteiger partial charge in [0.2, 0.25) is 11.8 Å². The fourth-order valence-electron chi connectivity index (χ4n) is 1.61. The van der Waals surface area contributed by atoms with Crippen molar-refractivity contribution < 1.29 is 14.7 Å². The molecule has 0 aromatic heterocycles. The Hall–Kier alpha value is -1.10. The second-order valence-electron chi connectivity index (χ2n) is 5.37. The Morgan fingerprint density at radius 3 is 2.17 bits per heavy atom. The highest BCUT2D eigenvalue weighted by atomic mass is 16.3. The van der Waals surface area contributed by atoms with Crippen molar-refractivity contribution in [3.63, 3.8) is 0 Å². The molecule has 0 spiro atoms. The van der Waals surface area contributed by atoms with Crippen LogP contribution in [0.3, 0.4) is 0 Å². The summed E-state index contributed by atoms with van der Waals surface area (Å²) in [5.74, 6) is 0.0310. The molecule has 0 aromatic carbocycles. The van der Waals surface area contributed by atoms with Crippen molar-refractivity contribution in [3.05, 3.63) is 0 Å². The molecule has 0 aromatic rings. The van der Waals surface area contributed by atoms with Gasteiger partial charge in [0.15, 0.2) is 0 Å². The van der Waals surface area contributed by atoms with Crippen LogP contribution in [0.15, 0.2) is 0 Å². The van der Waals surface area contributed by atoms with Gasteiger partial charge in [-0.15, -0.1) is 0 Å². The van der Waals surface area contributed by atoms with Gasteiger partial charge in [0.05, 0.1) is 6.61 Å². The van der Waals surface area contributed by atoms with Crippen molar-refractivity contribution in [2.45, 2.75) is 40.2 Å². The van der Waals surface area contributed by atoms with Crippen LogP contribution in [0.5, 0.6) is 0 Å². The van der Waals surface area contributed by atoms with E-state index in [4.69, 9.17) is 5.11 Å². The summed E-state index contributed by atoms with van der Waals surface area (Å²) >= 11 is 0. The number of hydrogen-bond donors (Lipinski definition) is 2. The molecule has 0 fully saturated rings. The normalized spacial score (nSPS) is 12.7. The molecule has 5 heteroatoms. The molecule has 0 saturated heterocycles. The number of rotatable bonds is 7. The van der Waals surface area contributed by atoms with Crippen LogP contribution >= 0.6 is 0 Å². The summed E-state index contributed by atoms with van der Waals surface area (Å²) in [4.78, 5) is 25.3. The molecule has 0 aliphatic carbocycles. The van der Waals surface area contributed by atoms with Gasteiger partial charge in [0, 0.05) is 20.0 Å². The molecule has 2 N–H and O–H groups in total. The third-order valence-electron chi connectivity index (χ3n) is 2.65. The molecular weight excluding hydrogens is 232 g/mol. The second-order valence-corrected chi connectivity index (χ2v) is 5.37. The van der Waals surface area contributed by atoms with Crippen LogP contribution in [0.1, 0.15) is 34.1 Å². The minimum absolute atomic E-state index is 0.0229. The van der Waals surface area contributed by atoms with E-state index in [1.807, 2.05) is 27.7 Å². The molecule has 18 heavy (non-hydrogen) atoms. The maximum Gasteiger partial charge on any atom is 0.245 e. The molecule has 0 radical (unpaired) electrons. The summed E-state index contributed by atoms with van der Waals surface area (Å²) in [5.41, 5.74) is 0. The molecular formula is C13H26N2O3. The second kappa shape index (κ2) is 8.08. The molecule has 106 valence electrons. The standard InChI is InChI=1S/C13H26N2O3/c1-9(2)8-11(17)14-12(10(3)4)13(18)15(5)6-7-16/h9-10,12,16H,6-8H2,1-5H3,(H,14,17). The first-order chi connectivity index (χ1) is 8.29. The van der Waals surface area contributed by atoms with Crippen LogP contribution in [0.4, 0.5) is 0 Å². The Balaban J connectivity index is 4.56. The molecule has 0 aliphatic heterocycles. The van der Waals surface area contributed by atoms with Crippen molar-refractivity contribution in [2.24, 2.45) is 11.8 Å². The zero-order valence-electron chi connectivity index (χ0n) is 12.1. The van der Waals surface area contributed by atoms with Gasteiger partial charge in [0.1, 0.15) is 6.04 Å². The zero-order valence-corrected chi connectivity index (χ0v) is 12.1. The summed E-state index contributed by atoms with van der Waals surface area (Å²) in [7, 11) is 1.63. The largest absolute Gasteiger partial charge is 0.395 e. The summed E-state index contributed by atoms with van der Waals surface area (Å²) in [6.07, 6.45) is 0.417. The number of aliphatic hydroxyl groups excluding tert-OH is 1. The lowest BCUT2D eigenvalue weighted by Crippen LogP contribution is -2.50. The highest BCUT2D eigenvalue weighted by Gasteiger charge is 2.26. The first-order valence-electron chi connectivity index (χ1n) is 6.44. The first kappa shape index (κ1) is 16.9. The lowest BCUT2D eigenvalue weighted by Gasteiger charge is -2.27. The van der Waals surface area contributed by atoms with Crippen LogP contribution < -0.4 is 5.32 Å². The Kier molecular flexibility index (Phi) is 7.59. The molecule has 0 saturated carbocycles. The van der Waals surface area contributed by atoms with Gasteiger partial charge >= 0.3 is 0 Å². The Morgan fingerprint density at radius 1 is 1.22 bits per heavy atom. The maximum absolute atomic E-state index is 12.1. The number of likely N-dealkylation sites (N-methyl/N-ethyl adjacent to an activating group) is 1. The van der Waals surface area contributed by atoms with Crippen molar-refractivity contribution in [1.29, 1.82) is 0 Å². The van der Waals surface area contributed by atoms with E-state index in [2.05, 4.69) is 5.32 Å². The number of nitrogens with one attached hydrogen (secondary N) is 1. The van der Waals surface area contributed by atoms with Crippen LogP contribution in [0, 0.1) is 11.8 Å². The van der Waals surface area contributed by atoms with E-state index in [1.165, 1.54) is 4.90 Å². The Labute approximate surface area is 110 Å². The zero-order chi connectivity index (χ0) is 14.3. The maximum atomic E-state index is 12.1. The molecule has 0 aliphatic rings. The quantitative estimate of drug-likeness (QED) is 0.703. The summed E-state index contributed by atoms with van der Waals surface area (Å²) in [6.45, 7) is 7.92. The molecule has 1 unspecified atom stereocenters. The first-order valence-corrected chi connectivity index (χ1v) is 6.44. The average Bonchev–Trinajstić information content (AvgIpc) is 2.23. The summed E-state index contributed by atoms with van der Waals surface area (Å²) < 4.78 is 0. The van der Waals surface area contributed by atoms with E-state index in [9.17, 15) is 9.59 Å². The van der Waals surface area contributed by atoms with E-state index in [1.54, 1.807) is 7.05 Å². The van der Waals surface area contributed by atoms with Crippen LogP contribution in [0.2, 0.25) is 0 Å². The predicted molar refractivity (Wildman–Crippen MR) is 70.9 cm³/mol. The minimum atomic E-state index is -0.521. The highest BCUT2D eigenvalue weighted by molar-refractivity contribution is 5.87. The van der Waals surface area contributed by atoms with Gasteiger partial charge < -0.3 is 15.3 Å². The molecule has 0 bridgehead atoms. The highest BCUT2D eigenvalue weighted by Crippen LogP contribution is 2.07. The number of carbonyl (C=O) groups is 2. The van der Waals surface area contributed by atoms with Gasteiger partial charge in [-0.05, 0) is 11.8 Å². The average molecular weight is 258 g/mol.